The van der Waals surface area contributed by atoms with Crippen molar-refractivity contribution in [2.24, 2.45) is 5.41 Å². The lowest BCUT2D eigenvalue weighted by molar-refractivity contribution is 0.103. The molecule has 1 rings (SSSR count). The van der Waals surface area contributed by atoms with Gasteiger partial charge in [0.2, 0.25) is 0 Å². The van der Waals surface area contributed by atoms with Crippen LogP contribution in [0, 0.1) is 5.41 Å². The molecule has 1 fully saturated rings. The lowest BCUT2D eigenvalue weighted by Crippen LogP contribution is -2.35. The monoisotopic (exact) mass is 263 g/mol. The fourth-order valence-electron chi connectivity index (χ4n) is 2.39. The fourth-order valence-corrected chi connectivity index (χ4v) is 2.75. The Labute approximate surface area is 110 Å². The molecule has 0 radical (unpaired) electrons. The van der Waals surface area contributed by atoms with Gasteiger partial charge in [-0.3, -0.25) is 0 Å². The minimum atomic E-state index is 0.359. The topological polar surface area (TPSA) is 30.5 Å². The van der Waals surface area contributed by atoms with E-state index in [1.54, 1.807) is 7.11 Å². The third-order valence-electron chi connectivity index (χ3n) is 3.51. The third-order valence-corrected chi connectivity index (χ3v) is 4.07. The Morgan fingerprint density at radius 1 is 1.18 bits per heavy atom. The number of alkyl halides is 1. The van der Waals surface area contributed by atoms with Gasteiger partial charge in [-0.25, -0.2) is 0 Å². The Morgan fingerprint density at radius 3 is 2.59 bits per heavy atom. The summed E-state index contributed by atoms with van der Waals surface area (Å²) in [5.41, 5.74) is 0.359. The van der Waals surface area contributed by atoms with Crippen LogP contribution < -0.4 is 5.32 Å². The van der Waals surface area contributed by atoms with Gasteiger partial charge < -0.3 is 14.8 Å². The molecule has 0 aromatic heterocycles. The zero-order valence-electron chi connectivity index (χ0n) is 11.0. The van der Waals surface area contributed by atoms with Crippen LogP contribution in [0.1, 0.15) is 32.1 Å². The van der Waals surface area contributed by atoms with E-state index in [9.17, 15) is 0 Å². The van der Waals surface area contributed by atoms with E-state index in [0.717, 1.165) is 45.2 Å². The van der Waals surface area contributed by atoms with Crippen molar-refractivity contribution in [1.29, 1.82) is 0 Å². The van der Waals surface area contributed by atoms with Crippen LogP contribution in [0.4, 0.5) is 0 Å². The normalized spacial score (nSPS) is 18.7. The minimum Gasteiger partial charge on any atom is -0.385 e. The lowest BCUT2D eigenvalue weighted by atomic mass is 9.88. The summed E-state index contributed by atoms with van der Waals surface area (Å²) in [7, 11) is 1.72. The Hall–Kier alpha value is 0.170. The second-order valence-corrected chi connectivity index (χ2v) is 5.24. The highest BCUT2D eigenvalue weighted by Gasteiger charge is 2.32. The van der Waals surface area contributed by atoms with E-state index < -0.39 is 0 Å². The van der Waals surface area contributed by atoms with E-state index in [1.165, 1.54) is 25.7 Å². The Bertz CT molecular complexity index is 184. The van der Waals surface area contributed by atoms with Crippen molar-refractivity contribution in [3.05, 3.63) is 0 Å². The summed E-state index contributed by atoms with van der Waals surface area (Å²) in [4.78, 5) is 0. The zero-order valence-corrected chi connectivity index (χ0v) is 11.7. The molecule has 0 saturated heterocycles. The summed E-state index contributed by atoms with van der Waals surface area (Å²) in [6.07, 6.45) is 6.20. The van der Waals surface area contributed by atoms with E-state index in [4.69, 9.17) is 21.1 Å². The van der Waals surface area contributed by atoms with Crippen molar-refractivity contribution in [3.63, 3.8) is 0 Å². The molecular weight excluding hydrogens is 238 g/mol. The summed E-state index contributed by atoms with van der Waals surface area (Å²) < 4.78 is 10.4. The summed E-state index contributed by atoms with van der Waals surface area (Å²) in [6.45, 7) is 4.31. The van der Waals surface area contributed by atoms with Crippen LogP contribution in [0.2, 0.25) is 0 Å². The van der Waals surface area contributed by atoms with E-state index >= 15 is 0 Å². The standard InChI is InChI=1S/C13H26ClNO2/c1-16-8-4-9-17-10-7-15-12-13(11-14)5-2-3-6-13/h15H,2-12H2,1H3. The van der Waals surface area contributed by atoms with Gasteiger partial charge in [-0.1, -0.05) is 12.8 Å². The number of hydrogen-bond donors (Lipinski definition) is 1. The molecule has 0 spiro atoms. The molecule has 1 aliphatic rings. The number of methoxy groups -OCH3 is 1. The number of rotatable bonds is 10. The average Bonchev–Trinajstić information content (AvgIpc) is 2.82. The molecule has 0 aromatic rings. The smallest absolute Gasteiger partial charge is 0.0590 e. The lowest BCUT2D eigenvalue weighted by Gasteiger charge is -2.26. The third kappa shape index (κ3) is 6.05. The molecule has 17 heavy (non-hydrogen) atoms. The van der Waals surface area contributed by atoms with Gasteiger partial charge in [-0.2, -0.15) is 0 Å². The summed E-state index contributed by atoms with van der Waals surface area (Å²) in [5, 5.41) is 3.47. The van der Waals surface area contributed by atoms with Crippen LogP contribution in [-0.4, -0.2) is 45.9 Å². The highest BCUT2D eigenvalue weighted by Crippen LogP contribution is 2.38. The number of halogens is 1. The van der Waals surface area contributed by atoms with Gasteiger partial charge in [0.1, 0.15) is 0 Å². The zero-order chi connectivity index (χ0) is 12.4. The highest BCUT2D eigenvalue weighted by atomic mass is 35.5. The first-order chi connectivity index (χ1) is 8.33. The molecule has 102 valence electrons. The summed E-state index contributed by atoms with van der Waals surface area (Å²) >= 11 is 6.08. The second kappa shape index (κ2) is 9.15. The van der Waals surface area contributed by atoms with Crippen LogP contribution in [0.25, 0.3) is 0 Å². The van der Waals surface area contributed by atoms with E-state index in [0.29, 0.717) is 5.41 Å². The molecule has 0 bridgehead atoms. The Morgan fingerprint density at radius 2 is 1.94 bits per heavy atom. The molecule has 1 saturated carbocycles. The van der Waals surface area contributed by atoms with Crippen LogP contribution in [0.5, 0.6) is 0 Å². The van der Waals surface area contributed by atoms with Gasteiger partial charge in [-0.05, 0) is 24.7 Å². The molecule has 1 aliphatic carbocycles. The van der Waals surface area contributed by atoms with Gasteiger partial charge in [-0.15, -0.1) is 11.6 Å². The first-order valence-corrected chi connectivity index (χ1v) is 7.20. The van der Waals surface area contributed by atoms with E-state index in [1.807, 2.05) is 0 Å². The molecular formula is C13H26ClNO2. The molecule has 4 heteroatoms. The van der Waals surface area contributed by atoms with Crippen molar-refractivity contribution in [1.82, 2.24) is 5.32 Å². The molecule has 3 nitrogen and oxygen atoms in total. The second-order valence-electron chi connectivity index (χ2n) is 4.98. The number of hydrogen-bond acceptors (Lipinski definition) is 3. The molecule has 0 aliphatic heterocycles. The predicted molar refractivity (Wildman–Crippen MR) is 71.8 cm³/mol. The van der Waals surface area contributed by atoms with Crippen molar-refractivity contribution in [2.45, 2.75) is 32.1 Å². The maximum Gasteiger partial charge on any atom is 0.0590 e. The fraction of sp³-hybridized carbons (Fsp3) is 1.00. The van der Waals surface area contributed by atoms with Crippen molar-refractivity contribution in [2.75, 3.05) is 45.9 Å². The molecule has 0 amide bonds. The van der Waals surface area contributed by atoms with E-state index in [2.05, 4.69) is 5.32 Å². The largest absolute Gasteiger partial charge is 0.385 e. The molecule has 0 aromatic carbocycles. The van der Waals surface area contributed by atoms with Gasteiger partial charge in [0.15, 0.2) is 0 Å². The Balaban J connectivity index is 1.92. The van der Waals surface area contributed by atoms with Gasteiger partial charge in [0.05, 0.1) is 6.61 Å². The van der Waals surface area contributed by atoms with Crippen LogP contribution in [0.3, 0.4) is 0 Å². The molecule has 0 atom stereocenters. The highest BCUT2D eigenvalue weighted by molar-refractivity contribution is 6.18. The molecule has 0 heterocycles. The SMILES string of the molecule is COCCCOCCNCC1(CCl)CCCC1. The van der Waals surface area contributed by atoms with Gasteiger partial charge in [0, 0.05) is 39.3 Å². The van der Waals surface area contributed by atoms with E-state index in [-0.39, 0.29) is 0 Å². The summed E-state index contributed by atoms with van der Waals surface area (Å²) in [5.74, 6) is 0.786. The first kappa shape index (κ1) is 15.2. The van der Waals surface area contributed by atoms with Gasteiger partial charge >= 0.3 is 0 Å². The molecule has 0 unspecified atom stereocenters. The van der Waals surface area contributed by atoms with Crippen molar-refractivity contribution >= 4 is 11.6 Å². The van der Waals surface area contributed by atoms with Crippen LogP contribution in [0.15, 0.2) is 0 Å². The number of nitrogens with one attached hydrogen (secondary N) is 1. The predicted octanol–water partition coefficient (Wildman–Crippen LogP) is 2.43. The maximum absolute atomic E-state index is 6.08. The quantitative estimate of drug-likeness (QED) is 0.485. The minimum absolute atomic E-state index is 0.359. The van der Waals surface area contributed by atoms with Gasteiger partial charge in [0.25, 0.3) is 0 Å². The number of ether oxygens (including phenoxy) is 2. The average molecular weight is 264 g/mol. The first-order valence-electron chi connectivity index (χ1n) is 6.66. The van der Waals surface area contributed by atoms with Crippen LogP contribution in [-0.2, 0) is 9.47 Å². The van der Waals surface area contributed by atoms with Crippen molar-refractivity contribution in [3.8, 4) is 0 Å². The maximum atomic E-state index is 6.08. The van der Waals surface area contributed by atoms with Crippen molar-refractivity contribution < 1.29 is 9.47 Å². The van der Waals surface area contributed by atoms with Crippen LogP contribution >= 0.6 is 11.6 Å². The molecule has 1 N–H and O–H groups in total. The Kier molecular flexibility index (Phi) is 8.19. The summed E-state index contributed by atoms with van der Waals surface area (Å²) in [6, 6.07) is 0.